The zero-order chi connectivity index (χ0) is 12.2. The third kappa shape index (κ3) is 3.03. The van der Waals surface area contributed by atoms with E-state index in [-0.39, 0.29) is 5.91 Å². The normalized spacial score (nSPS) is 11.2. The second kappa shape index (κ2) is 5.07. The quantitative estimate of drug-likeness (QED) is 0.797. The fourth-order valence-corrected chi connectivity index (χ4v) is 1.20. The van der Waals surface area contributed by atoms with Crippen LogP contribution in [0, 0.1) is 6.92 Å². The van der Waals surface area contributed by atoms with Crippen LogP contribution in [-0.4, -0.2) is 23.5 Å². The molecule has 16 heavy (non-hydrogen) atoms. The first-order valence-electron chi connectivity index (χ1n) is 5.35. The molecule has 1 aromatic heterocycles. The van der Waals surface area contributed by atoms with Gasteiger partial charge in [0.25, 0.3) is 0 Å². The molecule has 0 aliphatic carbocycles. The number of aromatic nitrogens is 1. The van der Waals surface area contributed by atoms with E-state index in [2.05, 4.69) is 15.6 Å². The van der Waals surface area contributed by atoms with Gasteiger partial charge in [0.05, 0.1) is 17.8 Å². The van der Waals surface area contributed by atoms with Gasteiger partial charge >= 0.3 is 0 Å². The maximum absolute atomic E-state index is 11.8. The molecule has 88 valence electrons. The van der Waals surface area contributed by atoms with Crippen LogP contribution in [0.2, 0.25) is 0 Å². The van der Waals surface area contributed by atoms with Crippen molar-refractivity contribution in [2.75, 3.05) is 7.05 Å². The van der Waals surface area contributed by atoms with Gasteiger partial charge in [0, 0.05) is 6.20 Å². The molecule has 0 radical (unpaired) electrons. The molecule has 0 spiro atoms. The number of likely N-dealkylation sites (N-methyl/N-ethyl adjacent to an activating group) is 1. The fourth-order valence-electron chi connectivity index (χ4n) is 1.20. The summed E-state index contributed by atoms with van der Waals surface area (Å²) in [5.74, 6) is -0.0277. The first-order chi connectivity index (χ1) is 7.47. The lowest BCUT2D eigenvalue weighted by atomic mass is 10.1. The Morgan fingerprint density at radius 3 is 2.75 bits per heavy atom. The Kier molecular flexibility index (Phi) is 4.01. The summed E-state index contributed by atoms with van der Waals surface area (Å²) in [6.45, 7) is 6.13. The summed E-state index contributed by atoms with van der Waals surface area (Å²) in [5, 5.41) is 5.83. The number of nitrogens with one attached hydrogen (secondary N) is 2. The minimum atomic E-state index is -0.553. The van der Waals surface area contributed by atoms with Crippen molar-refractivity contribution in [3.05, 3.63) is 29.6 Å². The Bertz CT molecular complexity index is 374. The van der Waals surface area contributed by atoms with Crippen molar-refractivity contribution in [1.82, 2.24) is 15.6 Å². The van der Waals surface area contributed by atoms with Gasteiger partial charge < -0.3 is 10.6 Å². The van der Waals surface area contributed by atoms with Crippen LogP contribution in [0.3, 0.4) is 0 Å². The molecule has 1 aromatic rings. The third-order valence-electron chi connectivity index (χ3n) is 2.73. The van der Waals surface area contributed by atoms with Gasteiger partial charge in [-0.25, -0.2) is 0 Å². The van der Waals surface area contributed by atoms with Gasteiger partial charge in [-0.05, 0) is 39.4 Å². The molecule has 1 rings (SSSR count). The van der Waals surface area contributed by atoms with Crippen molar-refractivity contribution < 1.29 is 4.79 Å². The first kappa shape index (κ1) is 12.6. The lowest BCUT2D eigenvalue weighted by Gasteiger charge is -2.22. The Morgan fingerprint density at radius 1 is 1.50 bits per heavy atom. The summed E-state index contributed by atoms with van der Waals surface area (Å²) in [7, 11) is 1.77. The summed E-state index contributed by atoms with van der Waals surface area (Å²) >= 11 is 0. The second-order valence-corrected chi connectivity index (χ2v) is 4.32. The van der Waals surface area contributed by atoms with E-state index in [4.69, 9.17) is 0 Å². The van der Waals surface area contributed by atoms with Crippen molar-refractivity contribution in [3.8, 4) is 0 Å². The number of carbonyl (C=O) groups is 1. The van der Waals surface area contributed by atoms with E-state index in [1.807, 2.05) is 32.9 Å². The van der Waals surface area contributed by atoms with Crippen molar-refractivity contribution in [2.45, 2.75) is 32.9 Å². The first-order valence-corrected chi connectivity index (χ1v) is 5.35. The summed E-state index contributed by atoms with van der Waals surface area (Å²) < 4.78 is 0. The largest absolute Gasteiger partial charge is 0.349 e. The zero-order valence-electron chi connectivity index (χ0n) is 10.3. The number of hydrogen-bond acceptors (Lipinski definition) is 3. The molecule has 0 aliphatic rings. The van der Waals surface area contributed by atoms with Crippen LogP contribution < -0.4 is 10.6 Å². The van der Waals surface area contributed by atoms with Crippen LogP contribution in [0.1, 0.15) is 25.1 Å². The molecule has 4 nitrogen and oxygen atoms in total. The lowest BCUT2D eigenvalue weighted by Crippen LogP contribution is -2.50. The van der Waals surface area contributed by atoms with Crippen LogP contribution in [-0.2, 0) is 11.3 Å². The Morgan fingerprint density at radius 2 is 2.19 bits per heavy atom. The zero-order valence-corrected chi connectivity index (χ0v) is 10.3. The van der Waals surface area contributed by atoms with Crippen LogP contribution in [0.15, 0.2) is 18.3 Å². The summed E-state index contributed by atoms with van der Waals surface area (Å²) in [6.07, 6.45) is 1.73. The number of amides is 1. The monoisotopic (exact) mass is 221 g/mol. The van der Waals surface area contributed by atoms with Gasteiger partial charge in [0.15, 0.2) is 0 Å². The molecule has 0 saturated heterocycles. The van der Waals surface area contributed by atoms with Crippen molar-refractivity contribution >= 4 is 5.91 Å². The highest BCUT2D eigenvalue weighted by atomic mass is 16.2. The summed E-state index contributed by atoms with van der Waals surface area (Å²) in [5.41, 5.74) is 1.44. The van der Waals surface area contributed by atoms with Crippen LogP contribution >= 0.6 is 0 Å². The minimum Gasteiger partial charge on any atom is -0.349 e. The van der Waals surface area contributed by atoms with Gasteiger partial charge in [-0.3, -0.25) is 9.78 Å². The topological polar surface area (TPSA) is 54.0 Å². The molecule has 1 amide bonds. The van der Waals surface area contributed by atoms with E-state index in [1.54, 1.807) is 13.2 Å². The SMILES string of the molecule is CNC(C)(C)C(=O)NCc1ncccc1C. The highest BCUT2D eigenvalue weighted by Crippen LogP contribution is 2.04. The Labute approximate surface area is 96.5 Å². The molecule has 2 N–H and O–H groups in total. The predicted molar refractivity (Wildman–Crippen MR) is 64.0 cm³/mol. The van der Waals surface area contributed by atoms with E-state index >= 15 is 0 Å². The van der Waals surface area contributed by atoms with E-state index in [0.29, 0.717) is 6.54 Å². The molecule has 4 heteroatoms. The highest BCUT2D eigenvalue weighted by Gasteiger charge is 2.24. The molecule has 0 atom stereocenters. The van der Waals surface area contributed by atoms with Gasteiger partial charge in [-0.1, -0.05) is 6.07 Å². The molecule has 0 fully saturated rings. The maximum Gasteiger partial charge on any atom is 0.240 e. The molecule has 0 aromatic carbocycles. The highest BCUT2D eigenvalue weighted by molar-refractivity contribution is 5.85. The standard InChI is InChI=1S/C12H19N3O/c1-9-6-5-7-14-10(9)8-15-11(16)12(2,3)13-4/h5-7,13H,8H2,1-4H3,(H,15,16). The average molecular weight is 221 g/mol. The van der Waals surface area contributed by atoms with Crippen molar-refractivity contribution in [2.24, 2.45) is 0 Å². The Balaban J connectivity index is 2.59. The van der Waals surface area contributed by atoms with Crippen molar-refractivity contribution in [1.29, 1.82) is 0 Å². The predicted octanol–water partition coefficient (Wildman–Crippen LogP) is 1.00. The number of aryl methyl sites for hydroxylation is 1. The number of carbonyl (C=O) groups excluding carboxylic acids is 1. The maximum atomic E-state index is 11.8. The molecular formula is C12H19N3O. The molecule has 0 aliphatic heterocycles. The summed E-state index contributed by atoms with van der Waals surface area (Å²) in [6, 6.07) is 3.87. The van der Waals surface area contributed by atoms with Gasteiger partial charge in [-0.15, -0.1) is 0 Å². The van der Waals surface area contributed by atoms with Crippen molar-refractivity contribution in [3.63, 3.8) is 0 Å². The fraction of sp³-hybridized carbons (Fsp3) is 0.500. The minimum absolute atomic E-state index is 0.0277. The number of hydrogen-bond donors (Lipinski definition) is 2. The van der Waals surface area contributed by atoms with Crippen LogP contribution in [0.25, 0.3) is 0 Å². The number of nitrogens with zero attached hydrogens (tertiary/aromatic N) is 1. The molecule has 1 heterocycles. The third-order valence-corrected chi connectivity index (χ3v) is 2.73. The molecular weight excluding hydrogens is 202 g/mol. The number of pyridine rings is 1. The van der Waals surface area contributed by atoms with Crippen LogP contribution in [0.4, 0.5) is 0 Å². The van der Waals surface area contributed by atoms with E-state index in [9.17, 15) is 4.79 Å². The average Bonchev–Trinajstić information content (AvgIpc) is 2.27. The molecule has 0 bridgehead atoms. The van der Waals surface area contributed by atoms with Gasteiger partial charge in [0.2, 0.25) is 5.91 Å². The molecule has 0 unspecified atom stereocenters. The van der Waals surface area contributed by atoms with Crippen LogP contribution in [0.5, 0.6) is 0 Å². The van der Waals surface area contributed by atoms with E-state index in [0.717, 1.165) is 11.3 Å². The second-order valence-electron chi connectivity index (χ2n) is 4.32. The number of rotatable bonds is 4. The molecule has 0 saturated carbocycles. The van der Waals surface area contributed by atoms with E-state index < -0.39 is 5.54 Å². The lowest BCUT2D eigenvalue weighted by molar-refractivity contribution is -0.126. The smallest absolute Gasteiger partial charge is 0.240 e. The summed E-state index contributed by atoms with van der Waals surface area (Å²) in [4.78, 5) is 16.0. The van der Waals surface area contributed by atoms with Gasteiger partial charge in [-0.2, -0.15) is 0 Å². The Hall–Kier alpha value is -1.42. The van der Waals surface area contributed by atoms with E-state index in [1.165, 1.54) is 0 Å². The van der Waals surface area contributed by atoms with Gasteiger partial charge in [0.1, 0.15) is 0 Å².